The highest BCUT2D eigenvalue weighted by Gasteiger charge is 2.36. The summed E-state index contributed by atoms with van der Waals surface area (Å²) >= 11 is 0. The molecule has 0 amide bonds. The van der Waals surface area contributed by atoms with Crippen LogP contribution in [-0.2, 0) is 4.74 Å². The Balaban J connectivity index is 1.82. The number of rotatable bonds is 0. The molecule has 0 spiro atoms. The molecule has 0 aromatic heterocycles. The van der Waals surface area contributed by atoms with Gasteiger partial charge in [0, 0.05) is 12.6 Å². The van der Waals surface area contributed by atoms with Gasteiger partial charge in [0.25, 0.3) is 0 Å². The van der Waals surface area contributed by atoms with Gasteiger partial charge in [-0.05, 0) is 31.4 Å². The summed E-state index contributed by atoms with van der Waals surface area (Å²) in [6.07, 6.45) is 6.83. The Labute approximate surface area is 73.2 Å². The minimum absolute atomic E-state index is 0.458. The third kappa shape index (κ3) is 0.947. The summed E-state index contributed by atoms with van der Waals surface area (Å²) in [5.41, 5.74) is 1.58. The summed E-state index contributed by atoms with van der Waals surface area (Å²) < 4.78 is 5.63. The molecule has 2 saturated heterocycles. The average molecular weight is 165 g/mol. The van der Waals surface area contributed by atoms with E-state index in [0.29, 0.717) is 6.10 Å². The summed E-state index contributed by atoms with van der Waals surface area (Å²) in [5.74, 6) is 0. The Kier molecular flexibility index (Phi) is 1.52. The van der Waals surface area contributed by atoms with E-state index < -0.39 is 0 Å². The van der Waals surface area contributed by atoms with Crippen molar-refractivity contribution in [1.82, 2.24) is 4.90 Å². The molecule has 0 saturated carbocycles. The van der Waals surface area contributed by atoms with E-state index in [-0.39, 0.29) is 0 Å². The molecule has 3 aliphatic rings. The zero-order valence-corrected chi connectivity index (χ0v) is 7.33. The second kappa shape index (κ2) is 2.57. The Morgan fingerprint density at radius 3 is 3.50 bits per heavy atom. The zero-order valence-electron chi connectivity index (χ0n) is 7.33. The third-order valence-corrected chi connectivity index (χ3v) is 3.43. The molecule has 0 unspecified atom stereocenters. The smallest absolute Gasteiger partial charge is 0.0917 e. The lowest BCUT2D eigenvalue weighted by atomic mass is 9.96. The van der Waals surface area contributed by atoms with Gasteiger partial charge < -0.3 is 4.74 Å². The van der Waals surface area contributed by atoms with Crippen molar-refractivity contribution in [2.45, 2.75) is 31.4 Å². The molecule has 12 heavy (non-hydrogen) atoms. The summed E-state index contributed by atoms with van der Waals surface area (Å²) in [6, 6.07) is 0.856. The molecule has 0 aromatic rings. The highest BCUT2D eigenvalue weighted by atomic mass is 16.5. The van der Waals surface area contributed by atoms with E-state index in [1.54, 1.807) is 5.57 Å². The molecular formula is C10H15NO. The van der Waals surface area contributed by atoms with E-state index in [0.717, 1.165) is 19.2 Å². The summed E-state index contributed by atoms with van der Waals surface area (Å²) in [4.78, 5) is 2.60. The van der Waals surface area contributed by atoms with Crippen molar-refractivity contribution in [2.24, 2.45) is 0 Å². The molecule has 0 aromatic carbocycles. The van der Waals surface area contributed by atoms with Crippen molar-refractivity contribution >= 4 is 0 Å². The Morgan fingerprint density at radius 2 is 2.50 bits per heavy atom. The SMILES string of the molecule is C1=C2C[C@@H]3CCCN3C[C@H]2OC1. The van der Waals surface area contributed by atoms with Gasteiger partial charge in [-0.1, -0.05) is 6.08 Å². The third-order valence-electron chi connectivity index (χ3n) is 3.43. The first-order chi connectivity index (χ1) is 5.93. The maximum absolute atomic E-state index is 5.63. The Bertz CT molecular complexity index is 224. The topological polar surface area (TPSA) is 12.5 Å². The van der Waals surface area contributed by atoms with Crippen LogP contribution in [0.1, 0.15) is 19.3 Å². The van der Waals surface area contributed by atoms with Crippen LogP contribution in [0.25, 0.3) is 0 Å². The van der Waals surface area contributed by atoms with Crippen molar-refractivity contribution < 1.29 is 4.74 Å². The van der Waals surface area contributed by atoms with Crippen LogP contribution in [0.2, 0.25) is 0 Å². The van der Waals surface area contributed by atoms with Crippen molar-refractivity contribution in [2.75, 3.05) is 19.7 Å². The van der Waals surface area contributed by atoms with Crippen LogP contribution < -0.4 is 0 Å². The normalized spacial score (nSPS) is 40.8. The molecule has 66 valence electrons. The quantitative estimate of drug-likeness (QED) is 0.500. The largest absolute Gasteiger partial charge is 0.368 e. The predicted octanol–water partition coefficient (Wildman–Crippen LogP) is 1.18. The lowest BCUT2D eigenvalue weighted by molar-refractivity contribution is 0.0577. The molecule has 2 fully saturated rings. The standard InChI is InChI=1S/C10H15NO/c1-2-9-6-8-3-5-12-10(8)7-11(9)4-1/h3,9-10H,1-2,4-7H2/t9-,10+/m0/s1. The Morgan fingerprint density at radius 1 is 1.50 bits per heavy atom. The number of hydrogen-bond acceptors (Lipinski definition) is 2. The number of hydrogen-bond donors (Lipinski definition) is 0. The van der Waals surface area contributed by atoms with Crippen LogP contribution in [0.3, 0.4) is 0 Å². The lowest BCUT2D eigenvalue weighted by Crippen LogP contribution is -2.42. The molecule has 0 bridgehead atoms. The van der Waals surface area contributed by atoms with Gasteiger partial charge in [-0.2, -0.15) is 0 Å². The molecule has 3 aliphatic heterocycles. The van der Waals surface area contributed by atoms with Crippen LogP contribution in [0.4, 0.5) is 0 Å². The van der Waals surface area contributed by atoms with E-state index in [1.807, 2.05) is 0 Å². The maximum atomic E-state index is 5.63. The molecular weight excluding hydrogens is 150 g/mol. The summed E-state index contributed by atoms with van der Waals surface area (Å²) in [6.45, 7) is 3.33. The van der Waals surface area contributed by atoms with Gasteiger partial charge in [0.2, 0.25) is 0 Å². The molecule has 0 radical (unpaired) electrons. The van der Waals surface area contributed by atoms with E-state index in [2.05, 4.69) is 11.0 Å². The molecule has 3 heterocycles. The maximum Gasteiger partial charge on any atom is 0.0917 e. The minimum atomic E-state index is 0.458. The second-order valence-corrected chi connectivity index (χ2v) is 4.10. The van der Waals surface area contributed by atoms with Gasteiger partial charge in [-0.3, -0.25) is 4.90 Å². The zero-order chi connectivity index (χ0) is 7.97. The number of nitrogens with zero attached hydrogens (tertiary/aromatic N) is 1. The predicted molar refractivity (Wildman–Crippen MR) is 47.0 cm³/mol. The van der Waals surface area contributed by atoms with Gasteiger partial charge in [-0.15, -0.1) is 0 Å². The van der Waals surface area contributed by atoms with Crippen molar-refractivity contribution in [3.8, 4) is 0 Å². The molecule has 2 nitrogen and oxygen atoms in total. The number of ether oxygens (including phenoxy) is 1. The van der Waals surface area contributed by atoms with E-state index in [1.165, 1.54) is 25.8 Å². The van der Waals surface area contributed by atoms with Crippen LogP contribution >= 0.6 is 0 Å². The van der Waals surface area contributed by atoms with Crippen LogP contribution in [0, 0.1) is 0 Å². The van der Waals surface area contributed by atoms with Gasteiger partial charge >= 0.3 is 0 Å². The van der Waals surface area contributed by atoms with Crippen LogP contribution in [-0.4, -0.2) is 36.7 Å². The highest BCUT2D eigenvalue weighted by Crippen LogP contribution is 2.33. The van der Waals surface area contributed by atoms with Gasteiger partial charge in [0.1, 0.15) is 0 Å². The summed E-state index contributed by atoms with van der Waals surface area (Å²) in [5, 5.41) is 0. The van der Waals surface area contributed by atoms with Crippen LogP contribution in [0.15, 0.2) is 11.6 Å². The van der Waals surface area contributed by atoms with E-state index >= 15 is 0 Å². The van der Waals surface area contributed by atoms with Gasteiger partial charge in [-0.25, -0.2) is 0 Å². The average Bonchev–Trinajstić information content (AvgIpc) is 2.64. The Hall–Kier alpha value is -0.340. The van der Waals surface area contributed by atoms with Gasteiger partial charge in [0.05, 0.1) is 12.7 Å². The van der Waals surface area contributed by atoms with Crippen molar-refractivity contribution in [3.63, 3.8) is 0 Å². The lowest BCUT2D eigenvalue weighted by Gasteiger charge is -2.34. The van der Waals surface area contributed by atoms with E-state index in [9.17, 15) is 0 Å². The molecule has 0 aliphatic carbocycles. The first-order valence-electron chi connectivity index (χ1n) is 4.98. The molecule has 2 atom stereocenters. The fourth-order valence-electron chi connectivity index (χ4n) is 2.75. The molecule has 0 N–H and O–H groups in total. The minimum Gasteiger partial charge on any atom is -0.368 e. The second-order valence-electron chi connectivity index (χ2n) is 4.10. The summed E-state index contributed by atoms with van der Waals surface area (Å²) in [7, 11) is 0. The molecule has 2 heteroatoms. The number of piperidine rings is 1. The monoisotopic (exact) mass is 165 g/mol. The molecule has 3 rings (SSSR count). The van der Waals surface area contributed by atoms with Gasteiger partial charge in [0.15, 0.2) is 0 Å². The fourth-order valence-corrected chi connectivity index (χ4v) is 2.75. The first kappa shape index (κ1) is 7.10. The van der Waals surface area contributed by atoms with Crippen molar-refractivity contribution in [3.05, 3.63) is 11.6 Å². The number of fused-ring (bicyclic) bond motifs is 2. The fraction of sp³-hybridized carbons (Fsp3) is 0.800. The van der Waals surface area contributed by atoms with Crippen molar-refractivity contribution in [1.29, 1.82) is 0 Å². The highest BCUT2D eigenvalue weighted by molar-refractivity contribution is 5.19. The first-order valence-corrected chi connectivity index (χ1v) is 4.98. The van der Waals surface area contributed by atoms with Crippen LogP contribution in [0.5, 0.6) is 0 Å². The van der Waals surface area contributed by atoms with E-state index in [4.69, 9.17) is 4.74 Å².